The van der Waals surface area contributed by atoms with Gasteiger partial charge in [-0.2, -0.15) is 0 Å². The highest BCUT2D eigenvalue weighted by Gasteiger charge is 2.21. The number of nitrogens with zero attached hydrogens (tertiary/aromatic N) is 3. The number of nitrogens with one attached hydrogen (secondary N) is 1. The van der Waals surface area contributed by atoms with E-state index in [4.69, 9.17) is 4.42 Å². The summed E-state index contributed by atoms with van der Waals surface area (Å²) in [6.45, 7) is 3.25. The van der Waals surface area contributed by atoms with Crippen LogP contribution in [-0.4, -0.2) is 25.9 Å². The maximum absolute atomic E-state index is 12.2. The SMILES string of the molecule is C[C@@H](Sc1nnc2n1CCCCC2)C(=O)NCc1ccco1. The molecule has 0 fully saturated rings. The Hall–Kier alpha value is -1.76. The molecule has 1 aliphatic rings. The third-order valence-electron chi connectivity index (χ3n) is 3.74. The van der Waals surface area contributed by atoms with Gasteiger partial charge in [0.25, 0.3) is 0 Å². The van der Waals surface area contributed by atoms with Crippen molar-refractivity contribution in [3.8, 4) is 0 Å². The van der Waals surface area contributed by atoms with Gasteiger partial charge in [-0.3, -0.25) is 4.79 Å². The molecule has 1 aliphatic heterocycles. The summed E-state index contributed by atoms with van der Waals surface area (Å²) < 4.78 is 7.37. The molecule has 118 valence electrons. The molecule has 0 aromatic carbocycles. The van der Waals surface area contributed by atoms with Gasteiger partial charge in [0.2, 0.25) is 5.91 Å². The molecule has 1 N–H and O–H groups in total. The Morgan fingerprint density at radius 3 is 3.18 bits per heavy atom. The van der Waals surface area contributed by atoms with Crippen molar-refractivity contribution in [1.82, 2.24) is 20.1 Å². The number of fused-ring (bicyclic) bond motifs is 1. The van der Waals surface area contributed by atoms with E-state index in [9.17, 15) is 4.79 Å². The fraction of sp³-hybridized carbons (Fsp3) is 0.533. The van der Waals surface area contributed by atoms with E-state index in [1.54, 1.807) is 6.26 Å². The van der Waals surface area contributed by atoms with Gasteiger partial charge in [0.15, 0.2) is 5.16 Å². The largest absolute Gasteiger partial charge is 0.467 e. The first-order chi connectivity index (χ1) is 10.7. The molecule has 6 nitrogen and oxygen atoms in total. The topological polar surface area (TPSA) is 73.0 Å². The van der Waals surface area contributed by atoms with Crippen LogP contribution in [0, 0.1) is 0 Å². The second-order valence-corrected chi connectivity index (χ2v) is 6.73. The van der Waals surface area contributed by atoms with Gasteiger partial charge in [0.05, 0.1) is 18.1 Å². The number of hydrogen-bond donors (Lipinski definition) is 1. The van der Waals surface area contributed by atoms with Crippen LogP contribution in [-0.2, 0) is 24.3 Å². The van der Waals surface area contributed by atoms with E-state index in [-0.39, 0.29) is 11.2 Å². The summed E-state index contributed by atoms with van der Waals surface area (Å²) in [7, 11) is 0. The van der Waals surface area contributed by atoms with Gasteiger partial charge in [-0.15, -0.1) is 10.2 Å². The third kappa shape index (κ3) is 3.52. The molecule has 0 spiro atoms. The Bertz CT molecular complexity index is 624. The number of furan rings is 1. The number of aryl methyl sites for hydroxylation is 1. The lowest BCUT2D eigenvalue weighted by Crippen LogP contribution is -2.30. The lowest BCUT2D eigenvalue weighted by atomic mass is 10.2. The van der Waals surface area contributed by atoms with Crippen molar-refractivity contribution in [3.05, 3.63) is 30.0 Å². The van der Waals surface area contributed by atoms with Crippen molar-refractivity contribution in [2.45, 2.75) is 56.1 Å². The van der Waals surface area contributed by atoms with Crippen LogP contribution in [0.5, 0.6) is 0 Å². The summed E-state index contributed by atoms with van der Waals surface area (Å²) in [6.07, 6.45) is 6.13. The van der Waals surface area contributed by atoms with E-state index >= 15 is 0 Å². The minimum atomic E-state index is -0.216. The van der Waals surface area contributed by atoms with Crippen LogP contribution in [0.2, 0.25) is 0 Å². The molecule has 0 aliphatic carbocycles. The molecule has 1 atom stereocenters. The van der Waals surface area contributed by atoms with Crippen molar-refractivity contribution < 1.29 is 9.21 Å². The Labute approximate surface area is 133 Å². The first-order valence-corrected chi connectivity index (χ1v) is 8.51. The van der Waals surface area contributed by atoms with Gasteiger partial charge >= 0.3 is 0 Å². The van der Waals surface area contributed by atoms with E-state index in [0.717, 1.165) is 36.1 Å². The third-order valence-corrected chi connectivity index (χ3v) is 4.82. The summed E-state index contributed by atoms with van der Waals surface area (Å²) >= 11 is 1.47. The van der Waals surface area contributed by atoms with Crippen LogP contribution < -0.4 is 5.32 Å². The average Bonchev–Trinajstić information content (AvgIpc) is 3.10. The Balaban J connectivity index is 1.58. The molecule has 1 amide bonds. The zero-order chi connectivity index (χ0) is 15.4. The molecule has 0 saturated carbocycles. The Morgan fingerprint density at radius 2 is 2.36 bits per heavy atom. The van der Waals surface area contributed by atoms with Gasteiger partial charge in [0, 0.05) is 13.0 Å². The maximum Gasteiger partial charge on any atom is 0.233 e. The smallest absolute Gasteiger partial charge is 0.233 e. The zero-order valence-corrected chi connectivity index (χ0v) is 13.4. The van der Waals surface area contributed by atoms with Crippen LogP contribution in [0.15, 0.2) is 28.0 Å². The average molecular weight is 320 g/mol. The number of aromatic nitrogens is 3. The van der Waals surface area contributed by atoms with Gasteiger partial charge in [-0.25, -0.2) is 0 Å². The highest BCUT2D eigenvalue weighted by atomic mass is 32.2. The number of amides is 1. The van der Waals surface area contributed by atoms with Crippen molar-refractivity contribution in [1.29, 1.82) is 0 Å². The van der Waals surface area contributed by atoms with Crippen molar-refractivity contribution >= 4 is 17.7 Å². The monoisotopic (exact) mass is 320 g/mol. The molecule has 0 unspecified atom stereocenters. The summed E-state index contributed by atoms with van der Waals surface area (Å²) in [5.74, 6) is 1.78. The summed E-state index contributed by atoms with van der Waals surface area (Å²) in [5.41, 5.74) is 0. The number of rotatable bonds is 5. The van der Waals surface area contributed by atoms with Crippen LogP contribution >= 0.6 is 11.8 Å². The van der Waals surface area contributed by atoms with Crippen LogP contribution in [0.4, 0.5) is 0 Å². The van der Waals surface area contributed by atoms with E-state index in [1.807, 2.05) is 19.1 Å². The first kappa shape index (κ1) is 15.1. The van der Waals surface area contributed by atoms with Crippen LogP contribution in [0.1, 0.15) is 37.8 Å². The van der Waals surface area contributed by atoms with Crippen molar-refractivity contribution in [3.63, 3.8) is 0 Å². The molecular weight excluding hydrogens is 300 g/mol. The summed E-state index contributed by atoms with van der Waals surface area (Å²) in [6, 6.07) is 3.65. The molecule has 7 heteroatoms. The summed E-state index contributed by atoms with van der Waals surface area (Å²) in [4.78, 5) is 12.2. The zero-order valence-electron chi connectivity index (χ0n) is 12.6. The highest BCUT2D eigenvalue weighted by Crippen LogP contribution is 2.25. The fourth-order valence-electron chi connectivity index (χ4n) is 2.49. The number of thioether (sulfide) groups is 1. The second kappa shape index (κ2) is 7.00. The molecule has 3 rings (SSSR count). The van der Waals surface area contributed by atoms with Gasteiger partial charge in [-0.05, 0) is 31.9 Å². The molecule has 2 aromatic rings. The number of hydrogen-bond acceptors (Lipinski definition) is 5. The molecule has 22 heavy (non-hydrogen) atoms. The van der Waals surface area contributed by atoms with E-state index < -0.39 is 0 Å². The van der Waals surface area contributed by atoms with Crippen molar-refractivity contribution in [2.75, 3.05) is 0 Å². The van der Waals surface area contributed by atoms with Crippen LogP contribution in [0.3, 0.4) is 0 Å². The lowest BCUT2D eigenvalue weighted by Gasteiger charge is -2.12. The molecule has 0 radical (unpaired) electrons. The molecule has 0 bridgehead atoms. The molecular formula is C15H20N4O2S. The lowest BCUT2D eigenvalue weighted by molar-refractivity contribution is -0.120. The van der Waals surface area contributed by atoms with E-state index in [2.05, 4.69) is 20.1 Å². The standard InChI is InChI=1S/C15H20N4O2S/c1-11(14(20)16-10-12-6-5-9-21-12)22-15-18-17-13-7-3-2-4-8-19(13)15/h5-6,9,11H,2-4,7-8,10H2,1H3,(H,16,20)/t11-/m1/s1. The molecule has 0 saturated heterocycles. The first-order valence-electron chi connectivity index (χ1n) is 7.63. The number of carbonyl (C=O) groups is 1. The predicted octanol–water partition coefficient (Wildman–Crippen LogP) is 2.39. The van der Waals surface area contributed by atoms with Crippen molar-refractivity contribution in [2.24, 2.45) is 0 Å². The molecule has 3 heterocycles. The quantitative estimate of drug-likeness (QED) is 0.856. The minimum Gasteiger partial charge on any atom is -0.467 e. The van der Waals surface area contributed by atoms with Crippen LogP contribution in [0.25, 0.3) is 0 Å². The Morgan fingerprint density at radius 1 is 1.45 bits per heavy atom. The Kier molecular flexibility index (Phi) is 4.82. The maximum atomic E-state index is 12.2. The van der Waals surface area contributed by atoms with Gasteiger partial charge in [0.1, 0.15) is 11.6 Å². The molecule has 2 aromatic heterocycles. The fourth-order valence-corrected chi connectivity index (χ4v) is 3.41. The minimum absolute atomic E-state index is 0.0210. The summed E-state index contributed by atoms with van der Waals surface area (Å²) in [5, 5.41) is 12.0. The van der Waals surface area contributed by atoms with Gasteiger partial charge in [-0.1, -0.05) is 18.2 Å². The predicted molar refractivity (Wildman–Crippen MR) is 83.5 cm³/mol. The second-order valence-electron chi connectivity index (χ2n) is 5.42. The van der Waals surface area contributed by atoms with E-state index in [0.29, 0.717) is 6.54 Å². The number of carbonyl (C=O) groups excluding carboxylic acids is 1. The van der Waals surface area contributed by atoms with Gasteiger partial charge < -0.3 is 14.3 Å². The highest BCUT2D eigenvalue weighted by molar-refractivity contribution is 8.00. The normalized spacial score (nSPS) is 15.9. The van der Waals surface area contributed by atoms with E-state index in [1.165, 1.54) is 24.6 Å².